The normalized spacial score (nSPS) is 9.85. The first kappa shape index (κ1) is 14.2. The van der Waals surface area contributed by atoms with Crippen LogP contribution in [0.15, 0.2) is 34.9 Å². The molecule has 6 nitrogen and oxygen atoms in total. The van der Waals surface area contributed by atoms with Crippen LogP contribution in [0.25, 0.3) is 0 Å². The Morgan fingerprint density at radius 1 is 1.45 bits per heavy atom. The number of ether oxygens (including phenoxy) is 1. The lowest BCUT2D eigenvalue weighted by atomic mass is 10.3. The van der Waals surface area contributed by atoms with Crippen molar-refractivity contribution < 1.29 is 9.66 Å². The van der Waals surface area contributed by atoms with Gasteiger partial charge in [0.25, 0.3) is 5.69 Å². The third-order valence-corrected chi connectivity index (χ3v) is 3.08. The quantitative estimate of drug-likeness (QED) is 0.612. The molecule has 0 aliphatic carbocycles. The minimum atomic E-state index is -0.543. The molecule has 0 radical (unpaired) electrons. The first-order valence-corrected chi connectivity index (χ1v) is 6.36. The number of nitro groups is 1. The van der Waals surface area contributed by atoms with Gasteiger partial charge in [0.15, 0.2) is 0 Å². The monoisotopic (exact) mass is 353 g/mol. The van der Waals surface area contributed by atoms with Gasteiger partial charge in [-0.05, 0) is 12.1 Å². The molecule has 0 aliphatic heterocycles. The standard InChI is InChI=1S/C12H5BrClN3O3/c13-8-3-9(17(18)19)5-10(4-8)20-12-11(14)7(6-15)1-2-16-12/h1-5H. The molecule has 100 valence electrons. The number of hydrogen-bond donors (Lipinski definition) is 0. The topological polar surface area (TPSA) is 89.0 Å². The minimum Gasteiger partial charge on any atom is -0.437 e. The molecule has 1 aromatic carbocycles. The lowest BCUT2D eigenvalue weighted by Gasteiger charge is -2.07. The summed E-state index contributed by atoms with van der Waals surface area (Å²) in [6.07, 6.45) is 1.37. The van der Waals surface area contributed by atoms with Gasteiger partial charge >= 0.3 is 0 Å². The Balaban J connectivity index is 2.40. The zero-order valence-corrected chi connectivity index (χ0v) is 12.1. The van der Waals surface area contributed by atoms with Gasteiger partial charge in [-0.3, -0.25) is 10.1 Å². The largest absolute Gasteiger partial charge is 0.437 e. The zero-order valence-electron chi connectivity index (χ0n) is 9.71. The van der Waals surface area contributed by atoms with Crippen molar-refractivity contribution in [3.63, 3.8) is 0 Å². The highest BCUT2D eigenvalue weighted by Gasteiger charge is 2.13. The van der Waals surface area contributed by atoms with E-state index in [4.69, 9.17) is 21.6 Å². The lowest BCUT2D eigenvalue weighted by Crippen LogP contribution is -1.93. The van der Waals surface area contributed by atoms with Crippen molar-refractivity contribution in [3.05, 3.63) is 55.6 Å². The summed E-state index contributed by atoms with van der Waals surface area (Å²) in [6, 6.07) is 7.45. The molecular formula is C12H5BrClN3O3. The first-order chi connectivity index (χ1) is 9.51. The average molecular weight is 355 g/mol. The molecule has 8 heteroatoms. The van der Waals surface area contributed by atoms with Gasteiger partial charge in [-0.1, -0.05) is 27.5 Å². The summed E-state index contributed by atoms with van der Waals surface area (Å²) in [5.74, 6) is 0.202. The van der Waals surface area contributed by atoms with Crippen LogP contribution in [-0.2, 0) is 0 Å². The van der Waals surface area contributed by atoms with Crippen LogP contribution in [-0.4, -0.2) is 9.91 Å². The molecule has 20 heavy (non-hydrogen) atoms. The second-order valence-electron chi connectivity index (χ2n) is 3.59. The highest BCUT2D eigenvalue weighted by Crippen LogP contribution is 2.33. The summed E-state index contributed by atoms with van der Waals surface area (Å²) < 4.78 is 5.88. The van der Waals surface area contributed by atoms with E-state index in [1.54, 1.807) is 0 Å². The van der Waals surface area contributed by atoms with E-state index in [1.807, 2.05) is 6.07 Å². The minimum absolute atomic E-state index is 0.0121. The maximum Gasteiger partial charge on any atom is 0.274 e. The molecule has 0 N–H and O–H groups in total. The van der Waals surface area contributed by atoms with Crippen LogP contribution in [0.5, 0.6) is 11.6 Å². The Hall–Kier alpha value is -2.17. The fraction of sp³-hybridized carbons (Fsp3) is 0. The molecule has 0 fully saturated rings. The number of hydrogen-bond acceptors (Lipinski definition) is 5. The van der Waals surface area contributed by atoms with E-state index >= 15 is 0 Å². The lowest BCUT2D eigenvalue weighted by molar-refractivity contribution is -0.385. The third kappa shape index (κ3) is 3.04. The summed E-state index contributed by atoms with van der Waals surface area (Å²) >= 11 is 9.10. The molecule has 2 aromatic rings. The van der Waals surface area contributed by atoms with E-state index in [0.29, 0.717) is 4.47 Å². The van der Waals surface area contributed by atoms with Crippen LogP contribution in [0, 0.1) is 21.4 Å². The van der Waals surface area contributed by atoms with Gasteiger partial charge in [-0.15, -0.1) is 0 Å². The van der Waals surface area contributed by atoms with Crippen molar-refractivity contribution in [2.24, 2.45) is 0 Å². The number of aromatic nitrogens is 1. The molecule has 0 saturated heterocycles. The number of nitriles is 1. The fourth-order valence-corrected chi connectivity index (χ4v) is 2.06. The van der Waals surface area contributed by atoms with E-state index in [0.717, 1.165) is 0 Å². The van der Waals surface area contributed by atoms with Crippen LogP contribution in [0.3, 0.4) is 0 Å². The predicted molar refractivity (Wildman–Crippen MR) is 74.8 cm³/mol. The summed E-state index contributed by atoms with van der Waals surface area (Å²) in [7, 11) is 0. The highest BCUT2D eigenvalue weighted by molar-refractivity contribution is 9.10. The van der Waals surface area contributed by atoms with E-state index < -0.39 is 4.92 Å². The summed E-state index contributed by atoms with van der Waals surface area (Å²) in [6.45, 7) is 0. The van der Waals surface area contributed by atoms with Crippen molar-refractivity contribution >= 4 is 33.2 Å². The third-order valence-electron chi connectivity index (χ3n) is 2.26. The van der Waals surface area contributed by atoms with Crippen LogP contribution in [0.1, 0.15) is 5.56 Å². The van der Waals surface area contributed by atoms with Gasteiger partial charge in [-0.25, -0.2) is 4.98 Å². The smallest absolute Gasteiger partial charge is 0.274 e. The zero-order chi connectivity index (χ0) is 14.7. The molecule has 0 aliphatic rings. The second-order valence-corrected chi connectivity index (χ2v) is 4.89. The molecular weight excluding hydrogens is 350 g/mol. The van der Waals surface area contributed by atoms with E-state index in [-0.39, 0.29) is 27.9 Å². The number of halogens is 2. The molecule has 0 spiro atoms. The molecule has 0 unspecified atom stereocenters. The fourth-order valence-electron chi connectivity index (χ4n) is 1.41. The van der Waals surface area contributed by atoms with Crippen molar-refractivity contribution in [1.29, 1.82) is 5.26 Å². The SMILES string of the molecule is N#Cc1ccnc(Oc2cc(Br)cc([N+](=O)[O-])c2)c1Cl. The van der Waals surface area contributed by atoms with E-state index in [2.05, 4.69) is 20.9 Å². The number of non-ortho nitro benzene ring substituents is 1. The molecule has 1 heterocycles. The van der Waals surface area contributed by atoms with Crippen LogP contribution < -0.4 is 4.74 Å². The van der Waals surface area contributed by atoms with Crippen LogP contribution in [0.4, 0.5) is 5.69 Å². The summed E-state index contributed by atoms with van der Waals surface area (Å²) in [5, 5.41) is 19.7. The van der Waals surface area contributed by atoms with Gasteiger partial charge < -0.3 is 4.74 Å². The number of rotatable bonds is 3. The molecule has 0 bridgehead atoms. The van der Waals surface area contributed by atoms with Gasteiger partial charge in [0.1, 0.15) is 16.8 Å². The second kappa shape index (κ2) is 5.86. The maximum absolute atomic E-state index is 10.8. The summed E-state index contributed by atoms with van der Waals surface area (Å²) in [4.78, 5) is 14.1. The van der Waals surface area contributed by atoms with Gasteiger partial charge in [-0.2, -0.15) is 5.26 Å². The molecule has 0 amide bonds. The molecule has 2 rings (SSSR count). The predicted octanol–water partition coefficient (Wildman–Crippen LogP) is 4.07. The first-order valence-electron chi connectivity index (χ1n) is 5.18. The van der Waals surface area contributed by atoms with Gasteiger partial charge in [0.2, 0.25) is 5.88 Å². The van der Waals surface area contributed by atoms with E-state index in [1.165, 1.54) is 30.5 Å². The Morgan fingerprint density at radius 3 is 2.85 bits per heavy atom. The number of pyridine rings is 1. The molecule has 0 saturated carbocycles. The maximum atomic E-state index is 10.8. The molecule has 0 atom stereocenters. The van der Waals surface area contributed by atoms with Crippen LogP contribution in [0.2, 0.25) is 5.02 Å². The van der Waals surface area contributed by atoms with Gasteiger partial charge in [0, 0.05) is 16.7 Å². The van der Waals surface area contributed by atoms with Gasteiger partial charge in [0.05, 0.1) is 16.6 Å². The summed E-state index contributed by atoms with van der Waals surface area (Å²) in [5.41, 5.74) is 0.0723. The van der Waals surface area contributed by atoms with Crippen molar-refractivity contribution in [2.75, 3.05) is 0 Å². The molecule has 1 aromatic heterocycles. The Morgan fingerprint density at radius 2 is 2.20 bits per heavy atom. The number of nitro benzene ring substituents is 1. The Bertz CT molecular complexity index is 730. The van der Waals surface area contributed by atoms with Crippen molar-refractivity contribution in [2.45, 2.75) is 0 Å². The Labute approximate surface area is 126 Å². The van der Waals surface area contributed by atoms with Crippen molar-refractivity contribution in [1.82, 2.24) is 4.98 Å². The van der Waals surface area contributed by atoms with E-state index in [9.17, 15) is 10.1 Å². The number of benzene rings is 1. The average Bonchev–Trinajstić information content (AvgIpc) is 2.40. The highest BCUT2D eigenvalue weighted by atomic mass is 79.9. The van der Waals surface area contributed by atoms with Crippen molar-refractivity contribution in [3.8, 4) is 17.7 Å². The number of nitrogens with zero attached hydrogens (tertiary/aromatic N) is 3. The Kier molecular flexibility index (Phi) is 4.17. The van der Waals surface area contributed by atoms with Crippen LogP contribution >= 0.6 is 27.5 Å².